The minimum Gasteiger partial charge on any atom is -0.382 e. The van der Waals surface area contributed by atoms with E-state index >= 15 is 0 Å². The molecule has 0 spiro atoms. The number of hydrogen-bond donors (Lipinski definition) is 2. The van der Waals surface area contributed by atoms with E-state index in [1.165, 1.54) is 0 Å². The highest BCUT2D eigenvalue weighted by atomic mass is 19.4. The number of amides is 1. The van der Waals surface area contributed by atoms with Crippen molar-refractivity contribution in [3.05, 3.63) is 60.0 Å². The zero-order valence-electron chi connectivity index (χ0n) is 18.5. The van der Waals surface area contributed by atoms with Crippen molar-refractivity contribution in [2.75, 3.05) is 24.3 Å². The number of aromatic nitrogens is 2. The van der Waals surface area contributed by atoms with Crippen LogP contribution in [0.15, 0.2) is 48.7 Å². The Bertz CT molecular complexity index is 1140. The van der Waals surface area contributed by atoms with Crippen molar-refractivity contribution in [1.29, 1.82) is 0 Å². The highest BCUT2D eigenvalue weighted by Gasteiger charge is 2.34. The minimum atomic E-state index is -4.51. The van der Waals surface area contributed by atoms with E-state index in [0.717, 1.165) is 37.4 Å². The number of carbonyl (C=O) groups excluding carboxylic acids is 1. The molecule has 0 saturated heterocycles. The maximum Gasteiger partial charge on any atom is 0.433 e. The molecule has 1 saturated carbocycles. The van der Waals surface area contributed by atoms with E-state index in [0.29, 0.717) is 22.3 Å². The summed E-state index contributed by atoms with van der Waals surface area (Å²) in [7, 11) is 3.80. The molecule has 1 aromatic carbocycles. The Morgan fingerprint density at radius 1 is 1.03 bits per heavy atom. The normalized spacial score (nSPS) is 18.7. The van der Waals surface area contributed by atoms with Gasteiger partial charge in [0.1, 0.15) is 11.4 Å². The molecule has 1 aliphatic carbocycles. The zero-order chi connectivity index (χ0) is 23.6. The lowest BCUT2D eigenvalue weighted by Crippen LogP contribution is -2.40. The lowest BCUT2D eigenvalue weighted by Gasteiger charge is -2.30. The SMILES string of the molecule is CN(C)c1ccnc(C(=O)NC2CCC(Nc3cc(C(F)(F)F)nc4ccccc34)CC2)c1. The van der Waals surface area contributed by atoms with Gasteiger partial charge in [-0.05, 0) is 49.9 Å². The van der Waals surface area contributed by atoms with Crippen molar-refractivity contribution in [1.82, 2.24) is 15.3 Å². The van der Waals surface area contributed by atoms with E-state index in [2.05, 4.69) is 20.6 Å². The largest absolute Gasteiger partial charge is 0.433 e. The van der Waals surface area contributed by atoms with Crippen LogP contribution in [-0.2, 0) is 6.18 Å². The molecule has 2 N–H and O–H groups in total. The van der Waals surface area contributed by atoms with Crippen molar-refractivity contribution >= 4 is 28.2 Å². The predicted molar refractivity (Wildman–Crippen MR) is 122 cm³/mol. The summed E-state index contributed by atoms with van der Waals surface area (Å²) in [6, 6.07) is 11.5. The van der Waals surface area contributed by atoms with Crippen molar-refractivity contribution in [2.24, 2.45) is 0 Å². The fourth-order valence-corrected chi connectivity index (χ4v) is 4.12. The fourth-order valence-electron chi connectivity index (χ4n) is 4.12. The molecule has 4 rings (SSSR count). The van der Waals surface area contributed by atoms with Crippen LogP contribution in [0.2, 0.25) is 0 Å². The number of nitrogens with zero attached hydrogens (tertiary/aromatic N) is 3. The second kappa shape index (κ2) is 9.25. The topological polar surface area (TPSA) is 70.2 Å². The Balaban J connectivity index is 1.40. The fraction of sp³-hybridized carbons (Fsp3) is 0.375. The summed E-state index contributed by atoms with van der Waals surface area (Å²) in [6.45, 7) is 0. The molecule has 2 heterocycles. The van der Waals surface area contributed by atoms with Crippen LogP contribution in [0.25, 0.3) is 10.9 Å². The van der Waals surface area contributed by atoms with Crippen LogP contribution in [0, 0.1) is 0 Å². The van der Waals surface area contributed by atoms with Crippen LogP contribution in [-0.4, -0.2) is 42.1 Å². The summed E-state index contributed by atoms with van der Waals surface area (Å²) in [5.41, 5.74) is 1.10. The van der Waals surface area contributed by atoms with E-state index in [9.17, 15) is 18.0 Å². The van der Waals surface area contributed by atoms with Crippen molar-refractivity contribution in [3.63, 3.8) is 0 Å². The molecular formula is C24H26F3N5O. The highest BCUT2D eigenvalue weighted by Crippen LogP contribution is 2.34. The van der Waals surface area contributed by atoms with Crippen LogP contribution in [0.5, 0.6) is 0 Å². The maximum atomic E-state index is 13.3. The van der Waals surface area contributed by atoms with Crippen molar-refractivity contribution in [2.45, 2.75) is 43.9 Å². The van der Waals surface area contributed by atoms with Crippen LogP contribution in [0.3, 0.4) is 0 Å². The van der Waals surface area contributed by atoms with Crippen LogP contribution in [0.4, 0.5) is 24.5 Å². The number of carbonyl (C=O) groups is 1. The van der Waals surface area contributed by atoms with E-state index in [-0.39, 0.29) is 18.0 Å². The first-order valence-electron chi connectivity index (χ1n) is 10.9. The van der Waals surface area contributed by atoms with E-state index in [1.54, 1.807) is 36.5 Å². The average Bonchev–Trinajstić information content (AvgIpc) is 2.79. The Labute approximate surface area is 190 Å². The van der Waals surface area contributed by atoms with Gasteiger partial charge in [0.15, 0.2) is 0 Å². The van der Waals surface area contributed by atoms with Crippen molar-refractivity contribution in [3.8, 4) is 0 Å². The zero-order valence-corrected chi connectivity index (χ0v) is 18.5. The number of halogens is 3. The minimum absolute atomic E-state index is 0.000262. The Hall–Kier alpha value is -3.36. The number of pyridine rings is 2. The quantitative estimate of drug-likeness (QED) is 0.572. The molecule has 0 aliphatic heterocycles. The number of rotatable bonds is 5. The van der Waals surface area contributed by atoms with E-state index < -0.39 is 11.9 Å². The Kier molecular flexibility index (Phi) is 6.40. The monoisotopic (exact) mass is 457 g/mol. The molecule has 174 valence electrons. The number of nitrogens with one attached hydrogen (secondary N) is 2. The first-order valence-corrected chi connectivity index (χ1v) is 10.9. The maximum absolute atomic E-state index is 13.3. The lowest BCUT2D eigenvalue weighted by atomic mass is 9.90. The smallest absolute Gasteiger partial charge is 0.382 e. The molecule has 2 aromatic heterocycles. The second-order valence-corrected chi connectivity index (χ2v) is 8.53. The third-order valence-electron chi connectivity index (χ3n) is 5.92. The summed E-state index contributed by atoms with van der Waals surface area (Å²) in [5.74, 6) is -0.218. The van der Waals surface area contributed by atoms with Gasteiger partial charge in [-0.2, -0.15) is 13.2 Å². The third-order valence-corrected chi connectivity index (χ3v) is 5.92. The summed E-state index contributed by atoms with van der Waals surface area (Å²) in [6.07, 6.45) is 0.0136. The summed E-state index contributed by atoms with van der Waals surface area (Å²) in [4.78, 5) is 22.5. The number of benzene rings is 1. The highest BCUT2D eigenvalue weighted by molar-refractivity contribution is 5.93. The van der Waals surface area contributed by atoms with Gasteiger partial charge in [-0.1, -0.05) is 18.2 Å². The average molecular weight is 458 g/mol. The number of alkyl halides is 3. The molecule has 33 heavy (non-hydrogen) atoms. The Morgan fingerprint density at radius 2 is 1.73 bits per heavy atom. The van der Waals surface area contributed by atoms with Crippen LogP contribution in [0.1, 0.15) is 41.9 Å². The standard InChI is InChI=1S/C24H26F3N5O/c1-32(2)17-11-12-28-21(13-17)23(33)30-16-9-7-15(8-10-16)29-20-14-22(24(25,26)27)31-19-6-4-3-5-18(19)20/h3-6,11-16H,7-10H2,1-2H3,(H,29,31)(H,30,33). The number of anilines is 2. The van der Waals surface area contributed by atoms with Crippen molar-refractivity contribution < 1.29 is 18.0 Å². The predicted octanol–water partition coefficient (Wildman–Crippen LogP) is 4.87. The molecule has 3 aromatic rings. The number of hydrogen-bond acceptors (Lipinski definition) is 5. The number of para-hydroxylation sites is 1. The summed E-state index contributed by atoms with van der Waals surface area (Å²) >= 11 is 0. The number of fused-ring (bicyclic) bond motifs is 1. The van der Waals surface area contributed by atoms with Gasteiger partial charge >= 0.3 is 6.18 Å². The van der Waals surface area contributed by atoms with Gasteiger partial charge in [-0.25, -0.2) is 4.98 Å². The van der Waals surface area contributed by atoms with Gasteiger partial charge in [0.25, 0.3) is 5.91 Å². The molecule has 0 atom stereocenters. The van der Waals surface area contributed by atoms with Crippen LogP contribution >= 0.6 is 0 Å². The molecule has 6 nitrogen and oxygen atoms in total. The first kappa shape index (κ1) is 22.8. The molecule has 1 aliphatic rings. The first-order chi connectivity index (χ1) is 15.7. The molecule has 9 heteroatoms. The molecule has 1 fully saturated rings. The summed E-state index contributed by atoms with van der Waals surface area (Å²) < 4.78 is 40.0. The molecule has 0 radical (unpaired) electrons. The molecule has 1 amide bonds. The molecule has 0 unspecified atom stereocenters. The van der Waals surface area contributed by atoms with Gasteiger partial charge in [0.05, 0.1) is 5.52 Å². The molecular weight excluding hydrogens is 431 g/mol. The third kappa shape index (κ3) is 5.35. The van der Waals surface area contributed by atoms with Gasteiger partial charge in [-0.15, -0.1) is 0 Å². The van der Waals surface area contributed by atoms with E-state index in [1.807, 2.05) is 25.1 Å². The van der Waals surface area contributed by atoms with Gasteiger partial charge in [0.2, 0.25) is 0 Å². The van der Waals surface area contributed by atoms with Gasteiger partial charge in [-0.3, -0.25) is 9.78 Å². The lowest BCUT2D eigenvalue weighted by molar-refractivity contribution is -0.140. The molecule has 0 bridgehead atoms. The Morgan fingerprint density at radius 3 is 2.42 bits per heavy atom. The second-order valence-electron chi connectivity index (χ2n) is 8.53. The van der Waals surface area contributed by atoms with Gasteiger partial charge < -0.3 is 15.5 Å². The van der Waals surface area contributed by atoms with Gasteiger partial charge in [0, 0.05) is 49.1 Å². The van der Waals surface area contributed by atoms with Crippen LogP contribution < -0.4 is 15.5 Å². The van der Waals surface area contributed by atoms with E-state index in [4.69, 9.17) is 0 Å². The summed E-state index contributed by atoms with van der Waals surface area (Å²) in [5, 5.41) is 6.99.